The first-order chi connectivity index (χ1) is 12.4. The van der Waals surface area contributed by atoms with Gasteiger partial charge in [-0.15, -0.1) is 10.2 Å². The van der Waals surface area contributed by atoms with Crippen molar-refractivity contribution < 1.29 is 17.6 Å². The molecule has 0 saturated heterocycles. The molecular weight excluding hydrogens is 356 g/mol. The Kier molecular flexibility index (Phi) is 5.38. The van der Waals surface area contributed by atoms with Crippen molar-refractivity contribution in [3.8, 4) is 0 Å². The van der Waals surface area contributed by atoms with Crippen LogP contribution in [0.1, 0.15) is 41.9 Å². The summed E-state index contributed by atoms with van der Waals surface area (Å²) in [6, 6.07) is 5.90. The Bertz CT molecular complexity index is 872. The van der Waals surface area contributed by atoms with Crippen molar-refractivity contribution in [1.82, 2.24) is 19.8 Å². The van der Waals surface area contributed by atoms with E-state index in [1.54, 1.807) is 7.05 Å². The van der Waals surface area contributed by atoms with Crippen LogP contribution in [0.3, 0.4) is 0 Å². The molecule has 0 aliphatic heterocycles. The number of aryl methyl sites for hydroxylation is 1. The zero-order valence-electron chi connectivity index (χ0n) is 14.8. The van der Waals surface area contributed by atoms with E-state index in [0.717, 1.165) is 12.8 Å². The normalized spacial score (nSPS) is 14.4. The van der Waals surface area contributed by atoms with Crippen LogP contribution < -0.4 is 4.72 Å². The predicted molar refractivity (Wildman–Crippen MR) is 93.8 cm³/mol. The van der Waals surface area contributed by atoms with Crippen LogP contribution in [0.2, 0.25) is 0 Å². The van der Waals surface area contributed by atoms with Gasteiger partial charge in [0.2, 0.25) is 21.8 Å². The summed E-state index contributed by atoms with van der Waals surface area (Å²) in [6.45, 7) is 2.56. The van der Waals surface area contributed by atoms with Gasteiger partial charge < -0.3 is 9.32 Å². The number of carbonyl (C=O) groups is 1. The number of nitrogens with zero attached hydrogens (tertiary/aromatic N) is 3. The van der Waals surface area contributed by atoms with Gasteiger partial charge >= 0.3 is 0 Å². The van der Waals surface area contributed by atoms with Gasteiger partial charge in [-0.2, -0.15) is 0 Å². The maximum atomic E-state index is 12.5. The van der Waals surface area contributed by atoms with Crippen molar-refractivity contribution in [3.63, 3.8) is 0 Å². The summed E-state index contributed by atoms with van der Waals surface area (Å²) in [4.78, 5) is 14.1. The van der Waals surface area contributed by atoms with Gasteiger partial charge in [0, 0.05) is 25.6 Å². The van der Waals surface area contributed by atoms with E-state index in [4.69, 9.17) is 4.42 Å². The highest BCUT2D eigenvalue weighted by atomic mass is 32.2. The molecule has 1 aromatic carbocycles. The highest BCUT2D eigenvalue weighted by molar-refractivity contribution is 7.89. The molecule has 0 unspecified atom stereocenters. The number of hydrogen-bond donors (Lipinski definition) is 1. The number of nitrogens with one attached hydrogen (secondary N) is 1. The fraction of sp³-hybridized carbons (Fsp3) is 0.471. The van der Waals surface area contributed by atoms with Gasteiger partial charge in [-0.3, -0.25) is 4.79 Å². The van der Waals surface area contributed by atoms with Crippen molar-refractivity contribution in [3.05, 3.63) is 41.6 Å². The molecule has 1 N–H and O–H groups in total. The lowest BCUT2D eigenvalue weighted by Gasteiger charge is -2.15. The van der Waals surface area contributed by atoms with Crippen molar-refractivity contribution in [2.75, 3.05) is 13.6 Å². The van der Waals surface area contributed by atoms with Crippen molar-refractivity contribution >= 4 is 15.9 Å². The molecule has 0 radical (unpaired) electrons. The second-order valence-corrected chi connectivity index (χ2v) is 8.19. The second kappa shape index (κ2) is 7.55. The standard InChI is InChI=1S/C17H22N4O4S/c1-3-15-19-20-16(25-15)11-21(2)17(22)13-6-8-14(9-7-13)26(23,24)18-10-12-4-5-12/h6-9,12,18H,3-5,10-11H2,1-2H3. The lowest BCUT2D eigenvalue weighted by Crippen LogP contribution is -2.27. The van der Waals surface area contributed by atoms with Crippen LogP contribution in [0.5, 0.6) is 0 Å². The van der Waals surface area contributed by atoms with E-state index in [-0.39, 0.29) is 17.3 Å². The number of amides is 1. The summed E-state index contributed by atoms with van der Waals surface area (Å²) in [7, 11) is -1.91. The molecule has 0 bridgehead atoms. The highest BCUT2D eigenvalue weighted by Crippen LogP contribution is 2.28. The SMILES string of the molecule is CCc1nnc(CN(C)C(=O)c2ccc(S(=O)(=O)NCC3CC3)cc2)o1. The average molecular weight is 378 g/mol. The fourth-order valence-electron chi connectivity index (χ4n) is 2.40. The molecular formula is C17H22N4O4S. The van der Waals surface area contributed by atoms with Crippen molar-refractivity contribution in [1.29, 1.82) is 0 Å². The monoisotopic (exact) mass is 378 g/mol. The molecule has 0 spiro atoms. The summed E-state index contributed by atoms with van der Waals surface area (Å²) >= 11 is 0. The van der Waals surface area contributed by atoms with Crippen LogP contribution in [-0.4, -0.2) is 43.0 Å². The zero-order chi connectivity index (χ0) is 18.7. The molecule has 2 aromatic rings. The van der Waals surface area contributed by atoms with Gasteiger partial charge in [0.25, 0.3) is 5.91 Å². The van der Waals surface area contributed by atoms with Gasteiger partial charge in [0.1, 0.15) is 0 Å². The fourth-order valence-corrected chi connectivity index (χ4v) is 3.52. The first-order valence-corrected chi connectivity index (χ1v) is 10.0. The Morgan fingerprint density at radius 3 is 2.46 bits per heavy atom. The van der Waals surface area contributed by atoms with Crippen LogP contribution >= 0.6 is 0 Å². The third kappa shape index (κ3) is 4.47. The van der Waals surface area contributed by atoms with Crippen LogP contribution in [-0.2, 0) is 23.0 Å². The molecule has 8 nitrogen and oxygen atoms in total. The van der Waals surface area contributed by atoms with Gasteiger partial charge in [-0.1, -0.05) is 6.92 Å². The number of hydrogen-bond acceptors (Lipinski definition) is 6. The lowest BCUT2D eigenvalue weighted by molar-refractivity contribution is 0.0772. The van der Waals surface area contributed by atoms with Gasteiger partial charge in [0.15, 0.2) is 0 Å². The molecule has 26 heavy (non-hydrogen) atoms. The predicted octanol–water partition coefficient (Wildman–Crippen LogP) is 1.59. The van der Waals surface area contributed by atoms with Crippen LogP contribution in [0.4, 0.5) is 0 Å². The average Bonchev–Trinajstić information content (AvgIpc) is 3.37. The number of sulfonamides is 1. The van der Waals surface area contributed by atoms with E-state index < -0.39 is 10.0 Å². The molecule has 1 aliphatic rings. The lowest BCUT2D eigenvalue weighted by atomic mass is 10.2. The quantitative estimate of drug-likeness (QED) is 0.748. The minimum absolute atomic E-state index is 0.154. The topological polar surface area (TPSA) is 105 Å². The second-order valence-electron chi connectivity index (χ2n) is 6.42. The summed E-state index contributed by atoms with van der Waals surface area (Å²) in [5, 5.41) is 7.76. The zero-order valence-corrected chi connectivity index (χ0v) is 15.6. The molecule has 1 saturated carbocycles. The van der Waals surface area contributed by atoms with Crippen LogP contribution in [0, 0.1) is 5.92 Å². The number of benzene rings is 1. The summed E-state index contributed by atoms with van der Waals surface area (Å²) in [5.74, 6) is 1.09. The summed E-state index contributed by atoms with van der Waals surface area (Å²) < 4.78 is 32.4. The van der Waals surface area contributed by atoms with Gasteiger partial charge in [-0.05, 0) is 43.0 Å². The first kappa shape index (κ1) is 18.5. The highest BCUT2D eigenvalue weighted by Gasteiger charge is 2.24. The van der Waals surface area contributed by atoms with Gasteiger partial charge in [0.05, 0.1) is 11.4 Å². The van der Waals surface area contributed by atoms with E-state index in [0.29, 0.717) is 36.2 Å². The molecule has 1 amide bonds. The van der Waals surface area contributed by atoms with Crippen LogP contribution in [0.15, 0.2) is 33.6 Å². The first-order valence-electron chi connectivity index (χ1n) is 8.55. The number of aromatic nitrogens is 2. The molecule has 1 aliphatic carbocycles. The number of rotatable bonds is 8. The van der Waals surface area contributed by atoms with Crippen molar-refractivity contribution in [2.45, 2.75) is 37.6 Å². The van der Waals surface area contributed by atoms with E-state index >= 15 is 0 Å². The Hall–Kier alpha value is -2.26. The molecule has 3 rings (SSSR count). The number of carbonyl (C=O) groups excluding carboxylic acids is 1. The Morgan fingerprint density at radius 2 is 1.88 bits per heavy atom. The van der Waals surface area contributed by atoms with E-state index in [1.807, 2.05) is 6.92 Å². The minimum Gasteiger partial charge on any atom is -0.423 e. The maximum absolute atomic E-state index is 12.5. The molecule has 0 atom stereocenters. The molecule has 1 aromatic heterocycles. The third-order valence-electron chi connectivity index (χ3n) is 4.20. The minimum atomic E-state index is -3.53. The van der Waals surface area contributed by atoms with Gasteiger partial charge in [-0.25, -0.2) is 13.1 Å². The van der Waals surface area contributed by atoms with Crippen LogP contribution in [0.25, 0.3) is 0 Å². The smallest absolute Gasteiger partial charge is 0.254 e. The van der Waals surface area contributed by atoms with Crippen molar-refractivity contribution in [2.24, 2.45) is 5.92 Å². The van der Waals surface area contributed by atoms with E-state index in [1.165, 1.54) is 29.2 Å². The maximum Gasteiger partial charge on any atom is 0.254 e. The summed E-state index contributed by atoms with van der Waals surface area (Å²) in [6.07, 6.45) is 2.78. The molecule has 1 heterocycles. The van der Waals surface area contributed by atoms with E-state index in [9.17, 15) is 13.2 Å². The Morgan fingerprint density at radius 1 is 1.23 bits per heavy atom. The Balaban J connectivity index is 1.63. The summed E-state index contributed by atoms with van der Waals surface area (Å²) in [5.41, 5.74) is 0.392. The van der Waals surface area contributed by atoms with E-state index in [2.05, 4.69) is 14.9 Å². The molecule has 140 valence electrons. The molecule has 1 fully saturated rings. The Labute approximate surface area is 152 Å². The largest absolute Gasteiger partial charge is 0.423 e. The third-order valence-corrected chi connectivity index (χ3v) is 5.64. The molecule has 9 heteroatoms.